The second-order valence-corrected chi connectivity index (χ2v) is 2.92. The van der Waals surface area contributed by atoms with Crippen LogP contribution in [-0.4, -0.2) is 17.8 Å². The zero-order valence-electron chi connectivity index (χ0n) is 7.70. The molecule has 0 aliphatic carbocycles. The highest BCUT2D eigenvalue weighted by atomic mass is 19.1. The van der Waals surface area contributed by atoms with Crippen molar-refractivity contribution < 1.29 is 14.2 Å². The quantitative estimate of drug-likeness (QED) is 0.794. The minimum Gasteiger partial charge on any atom is -0.488 e. The molecule has 0 amide bonds. The van der Waals surface area contributed by atoms with E-state index in [9.17, 15) is 4.39 Å². The van der Waals surface area contributed by atoms with Crippen LogP contribution in [0.4, 0.5) is 4.39 Å². The number of hydrogen-bond acceptors (Lipinski definition) is 3. The van der Waals surface area contributed by atoms with Crippen LogP contribution in [0, 0.1) is 17.1 Å². The number of aliphatic hydroxyl groups is 1. The van der Waals surface area contributed by atoms with E-state index in [1.165, 1.54) is 12.1 Å². The van der Waals surface area contributed by atoms with Gasteiger partial charge in [0.2, 0.25) is 0 Å². The van der Waals surface area contributed by atoms with Gasteiger partial charge in [0.15, 0.2) is 11.6 Å². The summed E-state index contributed by atoms with van der Waals surface area (Å²) < 4.78 is 18.1. The lowest BCUT2D eigenvalue weighted by atomic mass is 10.2. The van der Waals surface area contributed by atoms with Gasteiger partial charge in [-0.3, -0.25) is 0 Å². The number of halogens is 1. The average molecular weight is 195 g/mol. The van der Waals surface area contributed by atoms with Crippen molar-refractivity contribution in [2.24, 2.45) is 0 Å². The Balaban J connectivity index is 2.75. The molecule has 0 radical (unpaired) electrons. The van der Waals surface area contributed by atoms with Crippen LogP contribution in [-0.2, 0) is 0 Å². The monoisotopic (exact) mass is 195 g/mol. The third kappa shape index (κ3) is 2.71. The second kappa shape index (κ2) is 4.58. The molecule has 14 heavy (non-hydrogen) atoms. The fourth-order valence-electron chi connectivity index (χ4n) is 0.898. The lowest BCUT2D eigenvalue weighted by molar-refractivity contribution is 0.120. The van der Waals surface area contributed by atoms with Gasteiger partial charge in [-0.1, -0.05) is 0 Å². The normalized spacial score (nSPS) is 11.9. The van der Waals surface area contributed by atoms with Gasteiger partial charge in [0.05, 0.1) is 17.7 Å². The second-order valence-electron chi connectivity index (χ2n) is 2.92. The first-order chi connectivity index (χ1) is 6.63. The highest BCUT2D eigenvalue weighted by molar-refractivity contribution is 5.35. The number of rotatable bonds is 3. The van der Waals surface area contributed by atoms with E-state index < -0.39 is 11.9 Å². The van der Waals surface area contributed by atoms with Crippen LogP contribution >= 0.6 is 0 Å². The molecule has 1 atom stereocenters. The lowest BCUT2D eigenvalue weighted by Crippen LogP contribution is -2.13. The summed E-state index contributed by atoms with van der Waals surface area (Å²) in [6.07, 6.45) is -0.648. The summed E-state index contributed by atoms with van der Waals surface area (Å²) in [5.41, 5.74) is 0.242. The number of nitrogens with zero attached hydrogens (tertiary/aromatic N) is 1. The topological polar surface area (TPSA) is 53.2 Å². The van der Waals surface area contributed by atoms with Crippen LogP contribution in [0.1, 0.15) is 12.5 Å². The average Bonchev–Trinajstić information content (AvgIpc) is 2.15. The molecule has 0 saturated heterocycles. The Kier molecular flexibility index (Phi) is 3.43. The molecule has 1 aromatic carbocycles. The van der Waals surface area contributed by atoms with Crippen molar-refractivity contribution in [3.8, 4) is 11.8 Å². The Labute approximate surface area is 81.4 Å². The predicted octanol–water partition coefficient (Wildman–Crippen LogP) is 1.46. The molecule has 3 nitrogen and oxygen atoms in total. The van der Waals surface area contributed by atoms with Gasteiger partial charge in [0.25, 0.3) is 0 Å². The number of aliphatic hydroxyl groups excluding tert-OH is 1. The minimum absolute atomic E-state index is 0.0306. The molecular formula is C10H10FNO2. The van der Waals surface area contributed by atoms with E-state index in [0.29, 0.717) is 0 Å². The molecule has 0 unspecified atom stereocenters. The van der Waals surface area contributed by atoms with Crippen molar-refractivity contribution >= 4 is 0 Å². The van der Waals surface area contributed by atoms with Crippen LogP contribution in [0.3, 0.4) is 0 Å². The van der Waals surface area contributed by atoms with Crippen molar-refractivity contribution in [1.82, 2.24) is 0 Å². The Bertz CT molecular complexity index is 358. The fraction of sp³-hybridized carbons (Fsp3) is 0.300. The fourth-order valence-corrected chi connectivity index (χ4v) is 0.898. The van der Waals surface area contributed by atoms with Gasteiger partial charge in [-0.25, -0.2) is 4.39 Å². The van der Waals surface area contributed by atoms with Crippen LogP contribution in [0.15, 0.2) is 18.2 Å². The van der Waals surface area contributed by atoms with Crippen LogP contribution in [0.25, 0.3) is 0 Å². The first-order valence-electron chi connectivity index (χ1n) is 4.14. The van der Waals surface area contributed by atoms with Crippen molar-refractivity contribution in [3.05, 3.63) is 29.6 Å². The molecule has 0 saturated carbocycles. The van der Waals surface area contributed by atoms with Crippen molar-refractivity contribution in [2.75, 3.05) is 6.61 Å². The SMILES string of the molecule is C[C@@H](O)COc1ccc(C#N)cc1F. The molecule has 0 aromatic heterocycles. The van der Waals surface area contributed by atoms with Gasteiger partial charge < -0.3 is 9.84 Å². The molecule has 74 valence electrons. The summed E-state index contributed by atoms with van der Waals surface area (Å²) >= 11 is 0. The summed E-state index contributed by atoms with van der Waals surface area (Å²) in [5.74, 6) is -0.547. The van der Waals surface area contributed by atoms with E-state index in [1.54, 1.807) is 6.92 Å². The molecular weight excluding hydrogens is 185 g/mol. The molecule has 1 N–H and O–H groups in total. The first kappa shape index (κ1) is 10.5. The number of hydrogen-bond donors (Lipinski definition) is 1. The van der Waals surface area contributed by atoms with Gasteiger partial charge in [0.1, 0.15) is 6.61 Å². The third-order valence-corrected chi connectivity index (χ3v) is 1.54. The summed E-state index contributed by atoms with van der Waals surface area (Å²) in [6, 6.07) is 5.74. The Morgan fingerprint density at radius 1 is 1.64 bits per heavy atom. The zero-order valence-corrected chi connectivity index (χ0v) is 7.70. The summed E-state index contributed by atoms with van der Waals surface area (Å²) in [7, 11) is 0. The lowest BCUT2D eigenvalue weighted by Gasteiger charge is -2.08. The highest BCUT2D eigenvalue weighted by Gasteiger charge is 2.05. The standard InChI is InChI=1S/C10H10FNO2/c1-7(13)6-14-10-3-2-8(5-12)4-9(10)11/h2-4,7,13H,6H2,1H3/t7-/m1/s1. The van der Waals surface area contributed by atoms with E-state index >= 15 is 0 Å². The molecule has 1 rings (SSSR count). The number of nitriles is 1. The van der Waals surface area contributed by atoms with E-state index in [4.69, 9.17) is 15.1 Å². The van der Waals surface area contributed by atoms with E-state index in [1.807, 2.05) is 6.07 Å². The summed E-state index contributed by atoms with van der Waals surface area (Å²) in [4.78, 5) is 0. The highest BCUT2D eigenvalue weighted by Crippen LogP contribution is 2.17. The molecule has 4 heteroatoms. The van der Waals surface area contributed by atoms with Crippen LogP contribution in [0.5, 0.6) is 5.75 Å². The van der Waals surface area contributed by atoms with Gasteiger partial charge in [-0.2, -0.15) is 5.26 Å². The minimum atomic E-state index is -0.648. The zero-order chi connectivity index (χ0) is 10.6. The predicted molar refractivity (Wildman–Crippen MR) is 48.3 cm³/mol. The van der Waals surface area contributed by atoms with E-state index in [2.05, 4.69) is 0 Å². The summed E-state index contributed by atoms with van der Waals surface area (Å²) in [6.45, 7) is 1.57. The summed E-state index contributed by atoms with van der Waals surface area (Å²) in [5, 5.41) is 17.4. The smallest absolute Gasteiger partial charge is 0.166 e. The molecule has 0 bridgehead atoms. The maximum Gasteiger partial charge on any atom is 0.166 e. The molecule has 0 spiro atoms. The van der Waals surface area contributed by atoms with Crippen molar-refractivity contribution in [1.29, 1.82) is 5.26 Å². The Morgan fingerprint density at radius 3 is 2.86 bits per heavy atom. The number of ether oxygens (including phenoxy) is 1. The van der Waals surface area contributed by atoms with E-state index in [-0.39, 0.29) is 17.9 Å². The molecule has 0 fully saturated rings. The maximum absolute atomic E-state index is 13.1. The van der Waals surface area contributed by atoms with Crippen LogP contribution < -0.4 is 4.74 Å². The van der Waals surface area contributed by atoms with Gasteiger partial charge >= 0.3 is 0 Å². The largest absolute Gasteiger partial charge is 0.488 e. The Morgan fingerprint density at radius 2 is 2.36 bits per heavy atom. The molecule has 0 aliphatic heterocycles. The molecule has 0 aliphatic rings. The molecule has 0 heterocycles. The maximum atomic E-state index is 13.1. The van der Waals surface area contributed by atoms with Gasteiger partial charge in [0, 0.05) is 0 Å². The van der Waals surface area contributed by atoms with Crippen molar-refractivity contribution in [2.45, 2.75) is 13.0 Å². The third-order valence-electron chi connectivity index (χ3n) is 1.54. The molecule has 1 aromatic rings. The Hall–Kier alpha value is -1.60. The van der Waals surface area contributed by atoms with Gasteiger partial charge in [-0.15, -0.1) is 0 Å². The van der Waals surface area contributed by atoms with Crippen molar-refractivity contribution in [3.63, 3.8) is 0 Å². The van der Waals surface area contributed by atoms with E-state index in [0.717, 1.165) is 6.07 Å². The van der Waals surface area contributed by atoms with Gasteiger partial charge in [-0.05, 0) is 25.1 Å². The van der Waals surface area contributed by atoms with Crippen LogP contribution in [0.2, 0.25) is 0 Å². The number of benzene rings is 1. The first-order valence-corrected chi connectivity index (χ1v) is 4.14.